The Morgan fingerprint density at radius 2 is 1.83 bits per heavy atom. The Kier molecular flexibility index (Phi) is 8.61. The molecule has 24 heavy (non-hydrogen) atoms. The van der Waals surface area contributed by atoms with E-state index >= 15 is 0 Å². The van der Waals surface area contributed by atoms with Gasteiger partial charge in [0.25, 0.3) is 0 Å². The molecular weight excluding hydrogens is 308 g/mol. The molecule has 1 aromatic carbocycles. The average Bonchev–Trinajstić information content (AvgIpc) is 2.53. The summed E-state index contributed by atoms with van der Waals surface area (Å²) in [5.74, 6) is 0.169. The lowest BCUT2D eigenvalue weighted by Crippen LogP contribution is -2.13. The van der Waals surface area contributed by atoms with Gasteiger partial charge in [-0.2, -0.15) is 0 Å². The Morgan fingerprint density at radius 3 is 2.46 bits per heavy atom. The van der Waals surface area contributed by atoms with Crippen LogP contribution in [0, 0.1) is 5.92 Å². The Balaban J connectivity index is 2.97. The number of esters is 2. The molecule has 0 radical (unpaired) electrons. The molecule has 5 heteroatoms. The molecule has 0 aliphatic rings. The van der Waals surface area contributed by atoms with Crippen LogP contribution in [0.5, 0.6) is 5.75 Å². The van der Waals surface area contributed by atoms with Gasteiger partial charge in [0, 0.05) is 5.57 Å². The van der Waals surface area contributed by atoms with E-state index in [0.29, 0.717) is 12.5 Å². The van der Waals surface area contributed by atoms with Gasteiger partial charge < -0.3 is 14.2 Å². The normalized spacial score (nSPS) is 11.3. The van der Waals surface area contributed by atoms with Gasteiger partial charge in [-0.15, -0.1) is 0 Å². The number of ether oxygens (including phenoxy) is 3. The summed E-state index contributed by atoms with van der Waals surface area (Å²) in [6.07, 6.45) is 1.51. The molecule has 0 fully saturated rings. The lowest BCUT2D eigenvalue weighted by Gasteiger charge is -2.10. The van der Waals surface area contributed by atoms with E-state index in [-0.39, 0.29) is 25.2 Å². The van der Waals surface area contributed by atoms with Crippen molar-refractivity contribution in [2.75, 3.05) is 19.8 Å². The van der Waals surface area contributed by atoms with Crippen LogP contribution < -0.4 is 4.74 Å². The molecule has 0 amide bonds. The third-order valence-corrected chi connectivity index (χ3v) is 2.96. The van der Waals surface area contributed by atoms with E-state index in [1.54, 1.807) is 19.9 Å². The van der Waals surface area contributed by atoms with Crippen LogP contribution in [0.3, 0.4) is 0 Å². The highest BCUT2D eigenvalue weighted by Gasteiger charge is 2.16. The first-order valence-electron chi connectivity index (χ1n) is 8.22. The van der Waals surface area contributed by atoms with Gasteiger partial charge in [0.15, 0.2) is 0 Å². The van der Waals surface area contributed by atoms with Crippen LogP contribution >= 0.6 is 0 Å². The molecular formula is C19H26O5. The maximum absolute atomic E-state index is 12.1. The Hall–Kier alpha value is -2.30. The predicted octanol–water partition coefficient (Wildman–Crippen LogP) is 3.62. The highest BCUT2D eigenvalue weighted by Crippen LogP contribution is 2.18. The van der Waals surface area contributed by atoms with E-state index < -0.39 is 11.9 Å². The van der Waals surface area contributed by atoms with Crippen molar-refractivity contribution in [3.8, 4) is 5.75 Å². The number of carbonyl (C=O) groups excluding carboxylic acids is 2. The van der Waals surface area contributed by atoms with Crippen molar-refractivity contribution in [2.45, 2.75) is 34.1 Å². The van der Waals surface area contributed by atoms with Gasteiger partial charge in [0.1, 0.15) is 5.75 Å². The first-order valence-corrected chi connectivity index (χ1v) is 8.22. The van der Waals surface area contributed by atoms with Crippen LogP contribution in [-0.2, 0) is 19.1 Å². The second kappa shape index (κ2) is 10.5. The van der Waals surface area contributed by atoms with E-state index in [9.17, 15) is 9.59 Å². The molecule has 5 nitrogen and oxygen atoms in total. The summed E-state index contributed by atoms with van der Waals surface area (Å²) in [5, 5.41) is 0. The molecule has 0 spiro atoms. The van der Waals surface area contributed by atoms with Gasteiger partial charge in [-0.25, -0.2) is 4.79 Å². The zero-order valence-electron chi connectivity index (χ0n) is 14.8. The quantitative estimate of drug-likeness (QED) is 0.510. The minimum Gasteiger partial charge on any atom is -0.493 e. The Labute approximate surface area is 143 Å². The van der Waals surface area contributed by atoms with Crippen molar-refractivity contribution in [2.24, 2.45) is 5.92 Å². The van der Waals surface area contributed by atoms with Gasteiger partial charge in [-0.3, -0.25) is 4.79 Å². The van der Waals surface area contributed by atoms with E-state index in [2.05, 4.69) is 13.8 Å². The molecule has 0 bridgehead atoms. The summed E-state index contributed by atoms with van der Waals surface area (Å²) in [4.78, 5) is 23.8. The molecule has 0 saturated heterocycles. The number of carbonyl (C=O) groups is 2. The molecule has 0 atom stereocenters. The van der Waals surface area contributed by atoms with Gasteiger partial charge in [-0.05, 0) is 43.5 Å². The monoisotopic (exact) mass is 334 g/mol. The number of hydrogen-bond acceptors (Lipinski definition) is 5. The molecule has 0 unspecified atom stereocenters. The van der Waals surface area contributed by atoms with Gasteiger partial charge in [0.2, 0.25) is 0 Å². The summed E-state index contributed by atoms with van der Waals surface area (Å²) in [6, 6.07) is 7.36. The fourth-order valence-electron chi connectivity index (χ4n) is 1.93. The smallest absolute Gasteiger partial charge is 0.334 e. The topological polar surface area (TPSA) is 61.8 Å². The van der Waals surface area contributed by atoms with E-state index in [0.717, 1.165) is 11.3 Å². The third-order valence-electron chi connectivity index (χ3n) is 2.96. The van der Waals surface area contributed by atoms with Crippen molar-refractivity contribution in [3.63, 3.8) is 0 Å². The molecule has 0 heterocycles. The first-order chi connectivity index (χ1) is 11.5. The molecule has 1 rings (SSSR count). The average molecular weight is 334 g/mol. The minimum atomic E-state index is -0.515. The highest BCUT2D eigenvalue weighted by atomic mass is 16.5. The molecule has 0 aliphatic heterocycles. The van der Waals surface area contributed by atoms with Crippen LogP contribution in [0.15, 0.2) is 29.8 Å². The minimum absolute atomic E-state index is 0.121. The first kappa shape index (κ1) is 19.7. The predicted molar refractivity (Wildman–Crippen MR) is 92.6 cm³/mol. The van der Waals surface area contributed by atoms with Crippen LogP contribution in [-0.4, -0.2) is 31.8 Å². The fraction of sp³-hybridized carbons (Fsp3) is 0.474. The van der Waals surface area contributed by atoms with E-state index in [4.69, 9.17) is 14.2 Å². The number of benzene rings is 1. The molecule has 0 saturated carbocycles. The van der Waals surface area contributed by atoms with E-state index in [1.165, 1.54) is 0 Å². The Bertz CT molecular complexity index is 575. The zero-order valence-corrected chi connectivity index (χ0v) is 14.8. The second-order valence-corrected chi connectivity index (χ2v) is 5.65. The lowest BCUT2D eigenvalue weighted by molar-refractivity contribution is -0.145. The zero-order chi connectivity index (χ0) is 17.9. The van der Waals surface area contributed by atoms with Crippen molar-refractivity contribution in [1.29, 1.82) is 0 Å². The number of rotatable bonds is 9. The summed E-state index contributed by atoms with van der Waals surface area (Å²) in [5.41, 5.74) is 1.03. The largest absolute Gasteiger partial charge is 0.493 e. The molecule has 132 valence electrons. The highest BCUT2D eigenvalue weighted by molar-refractivity contribution is 5.98. The van der Waals surface area contributed by atoms with Crippen molar-refractivity contribution < 1.29 is 23.8 Å². The maximum Gasteiger partial charge on any atom is 0.334 e. The van der Waals surface area contributed by atoms with Crippen LogP contribution in [0.25, 0.3) is 6.08 Å². The number of hydrogen-bond donors (Lipinski definition) is 0. The fourth-order valence-corrected chi connectivity index (χ4v) is 1.93. The maximum atomic E-state index is 12.1. The van der Waals surface area contributed by atoms with Crippen molar-refractivity contribution >= 4 is 18.0 Å². The van der Waals surface area contributed by atoms with Gasteiger partial charge in [-0.1, -0.05) is 26.0 Å². The van der Waals surface area contributed by atoms with E-state index in [1.807, 2.05) is 24.3 Å². The summed E-state index contributed by atoms with van der Waals surface area (Å²) in [6.45, 7) is 8.72. The van der Waals surface area contributed by atoms with Crippen LogP contribution in [0.2, 0.25) is 0 Å². The second-order valence-electron chi connectivity index (χ2n) is 5.65. The lowest BCUT2D eigenvalue weighted by atomic mass is 10.1. The molecule has 0 aliphatic carbocycles. The van der Waals surface area contributed by atoms with Gasteiger partial charge >= 0.3 is 11.9 Å². The Morgan fingerprint density at radius 1 is 1.12 bits per heavy atom. The SMILES string of the molecule is CCOC(=O)CC(=Cc1cccc(OCC(C)C)c1)C(=O)OCC. The van der Waals surface area contributed by atoms with Crippen molar-refractivity contribution in [1.82, 2.24) is 0 Å². The van der Waals surface area contributed by atoms with Crippen molar-refractivity contribution in [3.05, 3.63) is 35.4 Å². The standard InChI is InChI=1S/C19H26O5/c1-5-22-18(20)12-16(19(21)23-6-2)10-15-8-7-9-17(11-15)24-13-14(3)4/h7-11,14H,5-6,12-13H2,1-4H3. The molecule has 0 N–H and O–H groups in total. The van der Waals surface area contributed by atoms with Crippen LogP contribution in [0.4, 0.5) is 0 Å². The van der Waals surface area contributed by atoms with Gasteiger partial charge in [0.05, 0.1) is 26.2 Å². The van der Waals surface area contributed by atoms with Crippen LogP contribution in [0.1, 0.15) is 39.7 Å². The summed E-state index contributed by atoms with van der Waals surface area (Å²) >= 11 is 0. The summed E-state index contributed by atoms with van der Waals surface area (Å²) < 4.78 is 15.6. The molecule has 0 aromatic heterocycles. The summed E-state index contributed by atoms with van der Waals surface area (Å²) in [7, 11) is 0. The third kappa shape index (κ3) is 7.31. The molecule has 1 aromatic rings.